The van der Waals surface area contributed by atoms with Crippen molar-refractivity contribution in [2.75, 3.05) is 12.4 Å². The smallest absolute Gasteiger partial charge is 0.336 e. The number of nitrogens with zero attached hydrogens (tertiary/aromatic N) is 1. The maximum atomic E-state index is 12.3. The summed E-state index contributed by atoms with van der Waals surface area (Å²) in [5.74, 6) is 0.457. The molecule has 1 N–H and O–H groups in total. The number of aryl methyl sites for hydroxylation is 1. The summed E-state index contributed by atoms with van der Waals surface area (Å²) in [5.41, 5.74) is 3.23. The molecule has 2 aromatic heterocycles. The highest BCUT2D eigenvalue weighted by Crippen LogP contribution is 2.32. The molecular formula is C24H20N2O4. The monoisotopic (exact) mass is 400 g/mol. The first-order valence-corrected chi connectivity index (χ1v) is 9.54. The van der Waals surface area contributed by atoms with E-state index >= 15 is 0 Å². The second-order valence-corrected chi connectivity index (χ2v) is 6.80. The molecule has 2 aromatic carbocycles. The predicted molar refractivity (Wildman–Crippen MR) is 116 cm³/mol. The Labute approximate surface area is 173 Å². The van der Waals surface area contributed by atoms with Crippen LogP contribution >= 0.6 is 0 Å². The molecule has 6 heteroatoms. The highest BCUT2D eigenvalue weighted by molar-refractivity contribution is 5.95. The number of rotatable bonds is 6. The van der Waals surface area contributed by atoms with E-state index in [1.54, 1.807) is 37.7 Å². The summed E-state index contributed by atoms with van der Waals surface area (Å²) in [6.07, 6.45) is 3.99. The number of carbonyl (C=O) groups excluding carboxylic acids is 1. The molecule has 150 valence electrons. The maximum Gasteiger partial charge on any atom is 0.336 e. The van der Waals surface area contributed by atoms with Gasteiger partial charge in [0.15, 0.2) is 0 Å². The van der Waals surface area contributed by atoms with Crippen LogP contribution in [0.5, 0.6) is 5.75 Å². The molecule has 0 saturated carbocycles. The van der Waals surface area contributed by atoms with E-state index in [0.29, 0.717) is 23.4 Å². The number of ether oxygens (including phenoxy) is 1. The van der Waals surface area contributed by atoms with Gasteiger partial charge in [0.2, 0.25) is 5.91 Å². The number of anilines is 1. The van der Waals surface area contributed by atoms with Gasteiger partial charge in [-0.15, -0.1) is 0 Å². The molecule has 30 heavy (non-hydrogen) atoms. The van der Waals surface area contributed by atoms with Crippen LogP contribution in [-0.2, 0) is 11.2 Å². The lowest BCUT2D eigenvalue weighted by Crippen LogP contribution is -2.12. The molecule has 1 amide bonds. The van der Waals surface area contributed by atoms with Crippen molar-refractivity contribution in [3.8, 4) is 16.9 Å². The van der Waals surface area contributed by atoms with Gasteiger partial charge in [-0.25, -0.2) is 4.79 Å². The number of carbonyl (C=O) groups is 1. The van der Waals surface area contributed by atoms with Gasteiger partial charge in [0.05, 0.1) is 19.0 Å². The Kier molecular flexibility index (Phi) is 5.57. The molecule has 0 aliphatic rings. The van der Waals surface area contributed by atoms with E-state index in [1.807, 2.05) is 36.4 Å². The molecule has 6 nitrogen and oxygen atoms in total. The largest absolute Gasteiger partial charge is 0.496 e. The molecule has 4 aromatic rings. The fourth-order valence-corrected chi connectivity index (χ4v) is 3.38. The molecule has 4 rings (SSSR count). The summed E-state index contributed by atoms with van der Waals surface area (Å²) < 4.78 is 10.9. The van der Waals surface area contributed by atoms with E-state index in [-0.39, 0.29) is 12.3 Å². The molecular weight excluding hydrogens is 380 g/mol. The Bertz CT molecular complexity index is 1230. The first-order valence-electron chi connectivity index (χ1n) is 9.54. The molecule has 0 bridgehead atoms. The highest BCUT2D eigenvalue weighted by Gasteiger charge is 2.14. The number of amides is 1. The topological polar surface area (TPSA) is 81.4 Å². The van der Waals surface area contributed by atoms with Gasteiger partial charge < -0.3 is 14.5 Å². The second-order valence-electron chi connectivity index (χ2n) is 6.80. The first-order chi connectivity index (χ1) is 14.6. The van der Waals surface area contributed by atoms with Gasteiger partial charge in [-0.2, -0.15) is 0 Å². The minimum atomic E-state index is -0.424. The van der Waals surface area contributed by atoms with E-state index < -0.39 is 5.63 Å². The summed E-state index contributed by atoms with van der Waals surface area (Å²) in [5, 5.41) is 3.63. The lowest BCUT2D eigenvalue weighted by molar-refractivity contribution is -0.116. The van der Waals surface area contributed by atoms with Gasteiger partial charge in [-0.05, 0) is 41.3 Å². The predicted octanol–water partition coefficient (Wildman–Crippen LogP) is 4.43. The molecule has 0 radical (unpaired) electrons. The Hall–Kier alpha value is -3.93. The molecule has 0 atom stereocenters. The molecule has 0 spiro atoms. The number of pyridine rings is 1. The van der Waals surface area contributed by atoms with Gasteiger partial charge in [-0.3, -0.25) is 9.78 Å². The fraction of sp³-hybridized carbons (Fsp3) is 0.125. The van der Waals surface area contributed by atoms with Crippen LogP contribution in [0.2, 0.25) is 0 Å². The van der Waals surface area contributed by atoms with Crippen LogP contribution in [0.25, 0.3) is 22.1 Å². The molecule has 0 aliphatic heterocycles. The van der Waals surface area contributed by atoms with Crippen LogP contribution in [0.15, 0.2) is 82.3 Å². The van der Waals surface area contributed by atoms with Gasteiger partial charge in [0.1, 0.15) is 11.3 Å². The van der Waals surface area contributed by atoms with Gasteiger partial charge >= 0.3 is 5.63 Å². The van der Waals surface area contributed by atoms with E-state index in [2.05, 4.69) is 10.3 Å². The lowest BCUT2D eigenvalue weighted by atomic mass is 9.98. The number of benzene rings is 2. The standard InChI is InChI=1S/C24H20N2O4/c1-29-21-14-22-20(19(13-24(28)30-22)16-6-3-2-4-7-16)12-17(21)9-10-23(27)26-18-8-5-11-25-15-18/h2-8,11-15H,9-10H2,1H3,(H,26,27). The third-order valence-electron chi connectivity index (χ3n) is 4.80. The third kappa shape index (κ3) is 4.22. The van der Waals surface area contributed by atoms with E-state index in [1.165, 1.54) is 6.07 Å². The summed E-state index contributed by atoms with van der Waals surface area (Å²) in [4.78, 5) is 28.4. The normalized spacial score (nSPS) is 10.7. The summed E-state index contributed by atoms with van der Waals surface area (Å²) in [6, 6.07) is 18.3. The Morgan fingerprint density at radius 2 is 1.93 bits per heavy atom. The average molecular weight is 400 g/mol. The summed E-state index contributed by atoms with van der Waals surface area (Å²) in [6.45, 7) is 0. The fourth-order valence-electron chi connectivity index (χ4n) is 3.38. The van der Waals surface area contributed by atoms with Crippen molar-refractivity contribution in [3.63, 3.8) is 0 Å². The SMILES string of the molecule is COc1cc2oc(=O)cc(-c3ccccc3)c2cc1CCC(=O)Nc1cccnc1. The molecule has 0 fully saturated rings. The minimum Gasteiger partial charge on any atom is -0.496 e. The number of nitrogens with one attached hydrogen (secondary N) is 1. The van der Waals surface area contributed by atoms with Gasteiger partial charge in [0, 0.05) is 30.1 Å². The van der Waals surface area contributed by atoms with Crippen LogP contribution in [0.4, 0.5) is 5.69 Å². The number of aromatic nitrogens is 1. The zero-order valence-electron chi connectivity index (χ0n) is 16.4. The lowest BCUT2D eigenvalue weighted by Gasteiger charge is -2.12. The first kappa shape index (κ1) is 19.4. The minimum absolute atomic E-state index is 0.118. The van der Waals surface area contributed by atoms with E-state index in [9.17, 15) is 9.59 Å². The summed E-state index contributed by atoms with van der Waals surface area (Å²) >= 11 is 0. The maximum absolute atomic E-state index is 12.3. The van der Waals surface area contributed by atoms with Crippen LogP contribution < -0.4 is 15.7 Å². The number of methoxy groups -OCH3 is 1. The van der Waals surface area contributed by atoms with E-state index in [4.69, 9.17) is 9.15 Å². The quantitative estimate of drug-likeness (QED) is 0.484. The van der Waals surface area contributed by atoms with Crippen molar-refractivity contribution in [2.45, 2.75) is 12.8 Å². The van der Waals surface area contributed by atoms with Crippen molar-refractivity contribution in [3.05, 3.63) is 89.0 Å². The molecule has 2 heterocycles. The van der Waals surface area contributed by atoms with Crippen LogP contribution in [0, 0.1) is 0 Å². The molecule has 0 aliphatic carbocycles. The zero-order chi connectivity index (χ0) is 20.9. The molecule has 0 unspecified atom stereocenters. The Morgan fingerprint density at radius 1 is 1.10 bits per heavy atom. The highest BCUT2D eigenvalue weighted by atomic mass is 16.5. The van der Waals surface area contributed by atoms with Crippen LogP contribution in [0.3, 0.4) is 0 Å². The number of hydrogen-bond acceptors (Lipinski definition) is 5. The van der Waals surface area contributed by atoms with Crippen molar-refractivity contribution in [2.24, 2.45) is 0 Å². The average Bonchev–Trinajstić information content (AvgIpc) is 2.78. The van der Waals surface area contributed by atoms with Crippen molar-refractivity contribution in [1.82, 2.24) is 4.98 Å². The number of hydrogen-bond donors (Lipinski definition) is 1. The number of fused-ring (bicyclic) bond motifs is 1. The van der Waals surface area contributed by atoms with Crippen molar-refractivity contribution in [1.29, 1.82) is 0 Å². The van der Waals surface area contributed by atoms with Gasteiger partial charge in [0.25, 0.3) is 0 Å². The Morgan fingerprint density at radius 3 is 2.67 bits per heavy atom. The summed E-state index contributed by atoms with van der Waals surface area (Å²) in [7, 11) is 1.56. The van der Waals surface area contributed by atoms with Crippen molar-refractivity contribution < 1.29 is 13.9 Å². The van der Waals surface area contributed by atoms with Crippen LogP contribution in [-0.4, -0.2) is 18.0 Å². The molecule has 0 saturated heterocycles. The van der Waals surface area contributed by atoms with Gasteiger partial charge in [-0.1, -0.05) is 30.3 Å². The van der Waals surface area contributed by atoms with Crippen molar-refractivity contribution >= 4 is 22.6 Å². The zero-order valence-corrected chi connectivity index (χ0v) is 16.4. The van der Waals surface area contributed by atoms with Crippen LogP contribution in [0.1, 0.15) is 12.0 Å². The van der Waals surface area contributed by atoms with E-state index in [0.717, 1.165) is 22.1 Å². The Balaban J connectivity index is 1.66. The third-order valence-corrected chi connectivity index (χ3v) is 4.80. The second kappa shape index (κ2) is 8.61.